The summed E-state index contributed by atoms with van der Waals surface area (Å²) in [6.07, 6.45) is 0.861. The molecule has 3 nitrogen and oxygen atoms in total. The molecule has 0 spiro atoms. The van der Waals surface area contributed by atoms with Gasteiger partial charge in [0, 0.05) is 11.6 Å². The molecule has 1 N–H and O–H groups in total. The number of nitriles is 1. The summed E-state index contributed by atoms with van der Waals surface area (Å²) in [7, 11) is 0. The fourth-order valence-corrected chi connectivity index (χ4v) is 0.217. The van der Waals surface area contributed by atoms with Gasteiger partial charge in [-0.15, -0.1) is 0 Å². The van der Waals surface area contributed by atoms with Gasteiger partial charge in [-0.1, -0.05) is 0 Å². The highest BCUT2D eigenvalue weighted by molar-refractivity contribution is 5.81. The van der Waals surface area contributed by atoms with Gasteiger partial charge in [0.25, 0.3) is 0 Å². The minimum Gasteiger partial charge on any atom is -0.478 e. The second-order valence-corrected chi connectivity index (χ2v) is 1.28. The zero-order chi connectivity index (χ0) is 6.57. The summed E-state index contributed by atoms with van der Waals surface area (Å²) in [6.45, 7) is 1.44. The van der Waals surface area contributed by atoms with Crippen molar-refractivity contribution in [2.75, 3.05) is 0 Å². The predicted octanol–water partition coefficient (Wildman–Crippen LogP) is 0.541. The summed E-state index contributed by atoms with van der Waals surface area (Å²) in [4.78, 5) is 9.74. The first-order valence-corrected chi connectivity index (χ1v) is 1.98. The second-order valence-electron chi connectivity index (χ2n) is 1.28. The topological polar surface area (TPSA) is 61.1 Å². The number of carbonyl (C=O) groups is 1. The third-order valence-electron chi connectivity index (χ3n) is 0.516. The summed E-state index contributed by atoms with van der Waals surface area (Å²) in [5.41, 5.74) is 0.206. The molecule has 0 amide bonds. The van der Waals surface area contributed by atoms with E-state index in [-0.39, 0.29) is 5.57 Å². The van der Waals surface area contributed by atoms with Gasteiger partial charge in [-0.2, -0.15) is 5.26 Å². The van der Waals surface area contributed by atoms with Crippen molar-refractivity contribution in [3.05, 3.63) is 11.6 Å². The maximum absolute atomic E-state index is 9.74. The van der Waals surface area contributed by atoms with Gasteiger partial charge in [0.2, 0.25) is 0 Å². The first-order valence-electron chi connectivity index (χ1n) is 1.98. The van der Waals surface area contributed by atoms with E-state index < -0.39 is 5.97 Å². The number of hydrogen-bond donors (Lipinski definition) is 1. The van der Waals surface area contributed by atoms with E-state index in [1.165, 1.54) is 6.92 Å². The van der Waals surface area contributed by atoms with Gasteiger partial charge in [0.05, 0.1) is 6.07 Å². The van der Waals surface area contributed by atoms with Crippen LogP contribution in [0.2, 0.25) is 0 Å². The van der Waals surface area contributed by atoms with Crippen molar-refractivity contribution in [3.63, 3.8) is 0 Å². The SMILES string of the molecule is C/C(C#N)=C/C(=O)O. The molecule has 0 saturated carbocycles. The fourth-order valence-electron chi connectivity index (χ4n) is 0.217. The highest BCUT2D eigenvalue weighted by Crippen LogP contribution is 1.85. The van der Waals surface area contributed by atoms with Crippen LogP contribution in [0.25, 0.3) is 0 Å². The molecule has 0 fully saturated rings. The molecule has 0 aliphatic carbocycles. The van der Waals surface area contributed by atoms with Crippen LogP contribution in [0.1, 0.15) is 6.92 Å². The lowest BCUT2D eigenvalue weighted by atomic mass is 10.3. The van der Waals surface area contributed by atoms with E-state index in [2.05, 4.69) is 0 Å². The van der Waals surface area contributed by atoms with Crippen LogP contribution in [0.15, 0.2) is 11.6 Å². The molecule has 42 valence electrons. The van der Waals surface area contributed by atoms with Crippen LogP contribution in [-0.2, 0) is 4.79 Å². The minimum absolute atomic E-state index is 0.206. The number of carboxylic acids is 1. The number of hydrogen-bond acceptors (Lipinski definition) is 2. The standard InChI is InChI=1S/C5H5NO2/c1-4(3-6)2-5(7)8/h2H,1H3,(H,7,8)/b4-2-. The number of allylic oxidation sites excluding steroid dienone is 1. The Kier molecular flexibility index (Phi) is 2.35. The molecule has 0 heterocycles. The highest BCUT2D eigenvalue weighted by atomic mass is 16.4. The molecule has 3 heteroatoms. The van der Waals surface area contributed by atoms with Crippen molar-refractivity contribution in [2.24, 2.45) is 0 Å². The average Bonchev–Trinajstić information content (AvgIpc) is 1.65. The Morgan fingerprint density at radius 3 is 2.50 bits per heavy atom. The summed E-state index contributed by atoms with van der Waals surface area (Å²) >= 11 is 0. The fraction of sp³-hybridized carbons (Fsp3) is 0.200. The van der Waals surface area contributed by atoms with Crippen LogP contribution in [0.3, 0.4) is 0 Å². The quantitative estimate of drug-likeness (QED) is 0.397. The van der Waals surface area contributed by atoms with Gasteiger partial charge in [0.1, 0.15) is 0 Å². The molecule has 0 radical (unpaired) electrons. The van der Waals surface area contributed by atoms with Gasteiger partial charge in [-0.3, -0.25) is 0 Å². The highest BCUT2D eigenvalue weighted by Gasteiger charge is 1.88. The smallest absolute Gasteiger partial charge is 0.329 e. The molecule has 0 aromatic carbocycles. The molecule has 0 aliphatic heterocycles. The van der Waals surface area contributed by atoms with Crippen molar-refractivity contribution >= 4 is 5.97 Å². The number of rotatable bonds is 1. The predicted molar refractivity (Wildman–Crippen MR) is 27.0 cm³/mol. The zero-order valence-electron chi connectivity index (χ0n) is 4.38. The third kappa shape index (κ3) is 2.91. The van der Waals surface area contributed by atoms with E-state index >= 15 is 0 Å². The van der Waals surface area contributed by atoms with Gasteiger partial charge >= 0.3 is 5.97 Å². The number of carboxylic acid groups (broad SMARTS) is 1. The van der Waals surface area contributed by atoms with Crippen molar-refractivity contribution in [1.82, 2.24) is 0 Å². The van der Waals surface area contributed by atoms with E-state index in [1.807, 2.05) is 0 Å². The van der Waals surface area contributed by atoms with Crippen LogP contribution < -0.4 is 0 Å². The van der Waals surface area contributed by atoms with E-state index in [0.717, 1.165) is 6.08 Å². The van der Waals surface area contributed by atoms with Crippen LogP contribution in [0.4, 0.5) is 0 Å². The van der Waals surface area contributed by atoms with Crippen LogP contribution in [0, 0.1) is 11.3 Å². The Bertz CT molecular complexity index is 164. The third-order valence-corrected chi connectivity index (χ3v) is 0.516. The zero-order valence-corrected chi connectivity index (χ0v) is 4.38. The summed E-state index contributed by atoms with van der Waals surface area (Å²) in [6, 6.07) is 1.68. The van der Waals surface area contributed by atoms with Gasteiger partial charge in [0.15, 0.2) is 0 Å². The van der Waals surface area contributed by atoms with Crippen LogP contribution in [-0.4, -0.2) is 11.1 Å². The maximum Gasteiger partial charge on any atom is 0.329 e. The molecular weight excluding hydrogens is 106 g/mol. The van der Waals surface area contributed by atoms with Gasteiger partial charge < -0.3 is 5.11 Å². The molecule has 0 aliphatic rings. The Balaban J connectivity index is 4.01. The lowest BCUT2D eigenvalue weighted by Gasteiger charge is -1.77. The second kappa shape index (κ2) is 2.80. The Morgan fingerprint density at radius 1 is 1.88 bits per heavy atom. The normalized spacial score (nSPS) is 10.2. The lowest BCUT2D eigenvalue weighted by molar-refractivity contribution is -0.131. The summed E-state index contributed by atoms with van der Waals surface area (Å²) in [5.74, 6) is -1.08. The molecular formula is C5H5NO2. The van der Waals surface area contributed by atoms with Crippen molar-refractivity contribution in [1.29, 1.82) is 5.26 Å². The lowest BCUT2D eigenvalue weighted by Crippen LogP contribution is -1.87. The molecule has 0 aromatic heterocycles. The van der Waals surface area contributed by atoms with Crippen molar-refractivity contribution < 1.29 is 9.90 Å². The van der Waals surface area contributed by atoms with Gasteiger partial charge in [-0.05, 0) is 6.92 Å². The molecule has 0 aromatic rings. The molecule has 8 heavy (non-hydrogen) atoms. The van der Waals surface area contributed by atoms with Gasteiger partial charge in [-0.25, -0.2) is 4.79 Å². The molecule has 0 atom stereocenters. The molecule has 0 unspecified atom stereocenters. The van der Waals surface area contributed by atoms with Crippen LogP contribution >= 0.6 is 0 Å². The Morgan fingerprint density at radius 2 is 2.38 bits per heavy atom. The first-order chi connectivity index (χ1) is 3.66. The largest absolute Gasteiger partial charge is 0.478 e. The summed E-state index contributed by atoms with van der Waals surface area (Å²) < 4.78 is 0. The van der Waals surface area contributed by atoms with E-state index in [1.54, 1.807) is 6.07 Å². The Hall–Kier alpha value is -1.30. The van der Waals surface area contributed by atoms with Crippen LogP contribution in [0.5, 0.6) is 0 Å². The van der Waals surface area contributed by atoms with E-state index in [0.29, 0.717) is 0 Å². The number of aliphatic carboxylic acids is 1. The Labute approximate surface area is 46.9 Å². The average molecular weight is 111 g/mol. The monoisotopic (exact) mass is 111 g/mol. The van der Waals surface area contributed by atoms with Crippen molar-refractivity contribution in [2.45, 2.75) is 6.92 Å². The number of nitrogens with zero attached hydrogens (tertiary/aromatic N) is 1. The maximum atomic E-state index is 9.74. The summed E-state index contributed by atoms with van der Waals surface area (Å²) in [5, 5.41) is 16.0. The molecule has 0 bridgehead atoms. The molecule has 0 saturated heterocycles. The van der Waals surface area contributed by atoms with E-state index in [9.17, 15) is 4.79 Å². The first kappa shape index (κ1) is 6.70. The minimum atomic E-state index is -1.08. The van der Waals surface area contributed by atoms with E-state index in [4.69, 9.17) is 10.4 Å². The molecule has 0 rings (SSSR count). The van der Waals surface area contributed by atoms with Crippen molar-refractivity contribution in [3.8, 4) is 6.07 Å².